The van der Waals surface area contributed by atoms with E-state index < -0.39 is 0 Å². The summed E-state index contributed by atoms with van der Waals surface area (Å²) < 4.78 is 2.15. The van der Waals surface area contributed by atoms with Crippen molar-refractivity contribution in [2.24, 2.45) is 0 Å². The number of aromatic nitrogens is 2. The van der Waals surface area contributed by atoms with Crippen molar-refractivity contribution >= 4 is 22.8 Å². The minimum absolute atomic E-state index is 0.107. The van der Waals surface area contributed by atoms with Crippen LogP contribution in [0.3, 0.4) is 0 Å². The second kappa shape index (κ2) is 11.9. The summed E-state index contributed by atoms with van der Waals surface area (Å²) in [6, 6.07) is 22.1. The minimum atomic E-state index is 0.107. The maximum atomic E-state index is 13.6. The number of carbonyl (C=O) groups is 1. The van der Waals surface area contributed by atoms with Crippen LogP contribution in [0.5, 0.6) is 0 Å². The van der Waals surface area contributed by atoms with Gasteiger partial charge in [-0.2, -0.15) is 5.26 Å². The van der Waals surface area contributed by atoms with Crippen LogP contribution >= 0.6 is 0 Å². The summed E-state index contributed by atoms with van der Waals surface area (Å²) in [5.74, 6) is 0.107. The summed E-state index contributed by atoms with van der Waals surface area (Å²) in [7, 11) is 0. The van der Waals surface area contributed by atoms with Crippen molar-refractivity contribution in [2.45, 2.75) is 32.9 Å². The standard InChI is InChI=1S/C32H33N5O/c1-2-3-4-7-27-8-5-10-30-29(27)9-6-11-31(30)32(38)36-18-16-35(17-19-36)23-28-21-34-24-37(28)22-26-14-12-25(20-33)13-15-26/h4-15,21,24H,2-3,16-19,22-23H2,1H3/b7-4+. The van der Waals surface area contributed by atoms with E-state index >= 15 is 0 Å². The summed E-state index contributed by atoms with van der Waals surface area (Å²) in [4.78, 5) is 22.3. The molecule has 0 radical (unpaired) electrons. The molecule has 6 nitrogen and oxygen atoms in total. The molecule has 1 fully saturated rings. The van der Waals surface area contributed by atoms with Gasteiger partial charge in [0.05, 0.1) is 23.7 Å². The topological polar surface area (TPSA) is 65.2 Å². The van der Waals surface area contributed by atoms with Crippen LogP contribution in [0.25, 0.3) is 16.8 Å². The molecule has 1 saturated heterocycles. The van der Waals surface area contributed by atoms with Crippen molar-refractivity contribution in [1.29, 1.82) is 5.26 Å². The third kappa shape index (κ3) is 5.69. The predicted octanol–water partition coefficient (Wildman–Crippen LogP) is 5.73. The number of benzene rings is 3. The van der Waals surface area contributed by atoms with Crippen LogP contribution in [0, 0.1) is 11.3 Å². The van der Waals surface area contributed by atoms with E-state index in [1.807, 2.05) is 59.9 Å². The van der Waals surface area contributed by atoms with Crippen LogP contribution in [0.15, 0.2) is 79.3 Å². The summed E-state index contributed by atoms with van der Waals surface area (Å²) in [5.41, 5.74) is 4.89. The van der Waals surface area contributed by atoms with Crippen LogP contribution in [0.2, 0.25) is 0 Å². The molecule has 1 amide bonds. The molecule has 0 aliphatic carbocycles. The highest BCUT2D eigenvalue weighted by atomic mass is 16.2. The Morgan fingerprint density at radius 1 is 0.974 bits per heavy atom. The lowest BCUT2D eigenvalue weighted by molar-refractivity contribution is 0.0627. The van der Waals surface area contributed by atoms with Gasteiger partial charge in [0.15, 0.2) is 0 Å². The highest BCUT2D eigenvalue weighted by Gasteiger charge is 2.24. The first-order valence-corrected chi connectivity index (χ1v) is 13.3. The predicted molar refractivity (Wildman–Crippen MR) is 152 cm³/mol. The lowest BCUT2D eigenvalue weighted by Gasteiger charge is -2.35. The SMILES string of the molecule is CCC/C=C/c1cccc2c(C(=O)N3CCN(Cc4cncn4Cc4ccc(C#N)cc4)CC3)cccc12. The molecular weight excluding hydrogens is 470 g/mol. The van der Waals surface area contributed by atoms with Gasteiger partial charge in [0.2, 0.25) is 0 Å². The molecular formula is C32H33N5O. The normalized spacial score (nSPS) is 14.3. The molecule has 4 aromatic rings. The maximum absolute atomic E-state index is 13.6. The summed E-state index contributed by atoms with van der Waals surface area (Å²) in [5, 5.41) is 11.2. The molecule has 0 N–H and O–H groups in total. The van der Waals surface area contributed by atoms with E-state index in [1.165, 1.54) is 0 Å². The Bertz CT molecular complexity index is 1470. The summed E-state index contributed by atoms with van der Waals surface area (Å²) in [6.07, 6.45) is 10.3. The fourth-order valence-electron chi connectivity index (χ4n) is 5.06. The number of amides is 1. The Balaban J connectivity index is 1.23. The van der Waals surface area contributed by atoms with E-state index in [0.29, 0.717) is 18.7 Å². The number of hydrogen-bond acceptors (Lipinski definition) is 4. The zero-order valence-electron chi connectivity index (χ0n) is 21.9. The highest BCUT2D eigenvalue weighted by Crippen LogP contribution is 2.25. The number of hydrogen-bond donors (Lipinski definition) is 0. The number of nitrogens with zero attached hydrogens (tertiary/aromatic N) is 5. The van der Waals surface area contributed by atoms with Gasteiger partial charge in [-0.25, -0.2) is 4.98 Å². The van der Waals surface area contributed by atoms with Crippen molar-refractivity contribution in [3.05, 3.63) is 107 Å². The summed E-state index contributed by atoms with van der Waals surface area (Å²) >= 11 is 0. The molecule has 1 aliphatic heterocycles. The Hall–Kier alpha value is -4.21. The average Bonchev–Trinajstić information content (AvgIpc) is 3.39. The second-order valence-corrected chi connectivity index (χ2v) is 9.83. The molecule has 1 aromatic heterocycles. The van der Waals surface area contributed by atoms with Gasteiger partial charge in [-0.1, -0.05) is 68.0 Å². The van der Waals surface area contributed by atoms with Crippen molar-refractivity contribution < 1.29 is 4.79 Å². The third-order valence-corrected chi connectivity index (χ3v) is 7.22. The van der Waals surface area contributed by atoms with Gasteiger partial charge in [-0.15, -0.1) is 0 Å². The number of carbonyl (C=O) groups excluding carboxylic acids is 1. The number of fused-ring (bicyclic) bond motifs is 1. The fraction of sp³-hybridized carbons (Fsp3) is 0.281. The van der Waals surface area contributed by atoms with E-state index in [0.717, 1.165) is 72.2 Å². The fourth-order valence-corrected chi connectivity index (χ4v) is 5.06. The van der Waals surface area contributed by atoms with Crippen molar-refractivity contribution in [1.82, 2.24) is 19.4 Å². The number of rotatable bonds is 8. The Kier molecular flexibility index (Phi) is 7.96. The molecule has 0 atom stereocenters. The van der Waals surface area contributed by atoms with Crippen LogP contribution in [-0.2, 0) is 13.1 Å². The van der Waals surface area contributed by atoms with E-state index in [4.69, 9.17) is 5.26 Å². The van der Waals surface area contributed by atoms with E-state index in [2.05, 4.69) is 57.8 Å². The zero-order valence-corrected chi connectivity index (χ0v) is 21.9. The monoisotopic (exact) mass is 503 g/mol. The average molecular weight is 504 g/mol. The molecule has 38 heavy (non-hydrogen) atoms. The zero-order chi connectivity index (χ0) is 26.3. The Morgan fingerprint density at radius 3 is 2.50 bits per heavy atom. The first kappa shape index (κ1) is 25.4. The van der Waals surface area contributed by atoms with E-state index in [9.17, 15) is 4.79 Å². The lowest BCUT2D eigenvalue weighted by Crippen LogP contribution is -2.48. The van der Waals surface area contributed by atoms with Crippen LogP contribution in [-0.4, -0.2) is 51.4 Å². The largest absolute Gasteiger partial charge is 0.336 e. The molecule has 1 aliphatic rings. The number of allylic oxidation sites excluding steroid dienone is 1. The van der Waals surface area contributed by atoms with Gasteiger partial charge in [0.1, 0.15) is 0 Å². The van der Waals surface area contributed by atoms with Gasteiger partial charge in [-0.05, 0) is 46.5 Å². The van der Waals surface area contributed by atoms with Crippen molar-refractivity contribution in [2.75, 3.05) is 26.2 Å². The lowest BCUT2D eigenvalue weighted by atomic mass is 9.98. The molecule has 0 unspecified atom stereocenters. The van der Waals surface area contributed by atoms with Crippen LogP contribution in [0.4, 0.5) is 0 Å². The number of unbranched alkanes of at least 4 members (excludes halogenated alkanes) is 1. The Morgan fingerprint density at radius 2 is 1.74 bits per heavy atom. The highest BCUT2D eigenvalue weighted by molar-refractivity contribution is 6.08. The number of imidazole rings is 1. The van der Waals surface area contributed by atoms with E-state index in [-0.39, 0.29) is 5.91 Å². The van der Waals surface area contributed by atoms with Crippen molar-refractivity contribution in [3.63, 3.8) is 0 Å². The van der Waals surface area contributed by atoms with Gasteiger partial charge in [0.25, 0.3) is 5.91 Å². The van der Waals surface area contributed by atoms with Crippen molar-refractivity contribution in [3.8, 4) is 6.07 Å². The van der Waals surface area contributed by atoms with Gasteiger partial charge < -0.3 is 9.47 Å². The minimum Gasteiger partial charge on any atom is -0.336 e. The molecule has 0 bridgehead atoms. The molecule has 6 heteroatoms. The Labute approximate surface area is 224 Å². The molecule has 3 aromatic carbocycles. The van der Waals surface area contributed by atoms with Gasteiger partial charge >= 0.3 is 0 Å². The molecule has 2 heterocycles. The van der Waals surface area contributed by atoms with E-state index in [1.54, 1.807) is 0 Å². The van der Waals surface area contributed by atoms with Gasteiger partial charge in [0, 0.05) is 51.0 Å². The molecule has 0 saturated carbocycles. The van der Waals surface area contributed by atoms with Gasteiger partial charge in [-0.3, -0.25) is 9.69 Å². The number of piperazine rings is 1. The van der Waals surface area contributed by atoms with Crippen LogP contribution < -0.4 is 0 Å². The molecule has 192 valence electrons. The quantitative estimate of drug-likeness (QED) is 0.308. The maximum Gasteiger partial charge on any atom is 0.254 e. The first-order valence-electron chi connectivity index (χ1n) is 13.3. The summed E-state index contributed by atoms with van der Waals surface area (Å²) in [6.45, 7) is 6.74. The third-order valence-electron chi connectivity index (χ3n) is 7.22. The molecule has 5 rings (SSSR count). The van der Waals surface area contributed by atoms with Crippen LogP contribution in [0.1, 0.15) is 52.5 Å². The molecule has 0 spiro atoms. The second-order valence-electron chi connectivity index (χ2n) is 9.83. The number of nitriles is 1. The smallest absolute Gasteiger partial charge is 0.254 e. The first-order chi connectivity index (χ1) is 18.7.